The Morgan fingerprint density at radius 2 is 1.63 bits per heavy atom. The minimum Gasteiger partial charge on any atom is -0.497 e. The van der Waals surface area contributed by atoms with Crippen LogP contribution in [-0.2, 0) is 26.2 Å². The van der Waals surface area contributed by atoms with Crippen molar-refractivity contribution in [1.29, 1.82) is 0 Å². The van der Waals surface area contributed by atoms with Crippen molar-refractivity contribution in [2.75, 3.05) is 25.1 Å². The third-order valence-electron chi connectivity index (χ3n) is 6.87. The molecule has 0 aliphatic carbocycles. The Morgan fingerprint density at radius 3 is 2.27 bits per heavy atom. The standard InChI is InChI=1S/C31H39N3O6S/c1-7-23(3)32-31(36)24(4)33(20-25-12-11-13-26(19-25)39-5)30(35)21-34(28-18-22(2)16-17-29(28)40-6)41(37,38)27-14-9-8-10-15-27/h8-19,23-24H,7,20-21H2,1-6H3,(H,32,36)/t23-,24+/m0/s1. The zero-order valence-electron chi connectivity index (χ0n) is 24.5. The maximum atomic E-state index is 14.1. The number of ether oxygens (including phenoxy) is 2. The van der Waals surface area contributed by atoms with Crippen LogP contribution in [0.2, 0.25) is 0 Å². The first-order valence-electron chi connectivity index (χ1n) is 13.5. The highest BCUT2D eigenvalue weighted by Gasteiger charge is 2.34. The molecule has 1 N–H and O–H groups in total. The lowest BCUT2D eigenvalue weighted by molar-refractivity contribution is -0.139. The second kappa shape index (κ2) is 14.0. The van der Waals surface area contributed by atoms with Crippen LogP contribution in [0.15, 0.2) is 77.7 Å². The third-order valence-corrected chi connectivity index (χ3v) is 8.64. The number of aryl methyl sites for hydroxylation is 1. The number of nitrogens with zero attached hydrogens (tertiary/aromatic N) is 2. The summed E-state index contributed by atoms with van der Waals surface area (Å²) in [5.74, 6) is 0.0121. The van der Waals surface area contributed by atoms with E-state index < -0.39 is 28.5 Å². The number of hydrogen-bond donors (Lipinski definition) is 1. The van der Waals surface area contributed by atoms with Crippen molar-refractivity contribution in [2.45, 2.75) is 57.6 Å². The number of carbonyl (C=O) groups excluding carboxylic acids is 2. The molecule has 0 radical (unpaired) electrons. The van der Waals surface area contributed by atoms with Crippen molar-refractivity contribution in [3.05, 3.63) is 83.9 Å². The Labute approximate surface area is 243 Å². The Hall–Kier alpha value is -4.05. The summed E-state index contributed by atoms with van der Waals surface area (Å²) in [6, 6.07) is 19.3. The Bertz CT molecular complexity index is 1450. The molecule has 0 bridgehead atoms. The lowest BCUT2D eigenvalue weighted by Crippen LogP contribution is -2.52. The van der Waals surface area contributed by atoms with Gasteiger partial charge in [-0.1, -0.05) is 43.3 Å². The first kappa shape index (κ1) is 31.5. The third kappa shape index (κ3) is 7.79. The van der Waals surface area contributed by atoms with Gasteiger partial charge in [-0.15, -0.1) is 0 Å². The molecule has 0 spiro atoms. The Balaban J connectivity index is 2.09. The molecule has 9 nitrogen and oxygen atoms in total. The fourth-order valence-electron chi connectivity index (χ4n) is 4.24. The molecule has 0 aliphatic rings. The molecule has 220 valence electrons. The lowest BCUT2D eigenvalue weighted by Gasteiger charge is -2.33. The summed E-state index contributed by atoms with van der Waals surface area (Å²) < 4.78 is 39.9. The lowest BCUT2D eigenvalue weighted by atomic mass is 10.1. The van der Waals surface area contributed by atoms with Crippen molar-refractivity contribution < 1.29 is 27.5 Å². The van der Waals surface area contributed by atoms with Crippen molar-refractivity contribution in [1.82, 2.24) is 10.2 Å². The normalized spacial score (nSPS) is 12.6. The summed E-state index contributed by atoms with van der Waals surface area (Å²) in [6.07, 6.45) is 0.721. The van der Waals surface area contributed by atoms with E-state index in [-0.39, 0.29) is 29.1 Å². The molecule has 41 heavy (non-hydrogen) atoms. The predicted molar refractivity (Wildman–Crippen MR) is 160 cm³/mol. The topological polar surface area (TPSA) is 105 Å². The summed E-state index contributed by atoms with van der Waals surface area (Å²) in [5.41, 5.74) is 1.74. The van der Waals surface area contributed by atoms with Crippen LogP contribution in [0.1, 0.15) is 38.3 Å². The number of sulfonamides is 1. The number of nitrogens with one attached hydrogen (secondary N) is 1. The molecule has 3 aromatic carbocycles. The quantitative estimate of drug-likeness (QED) is 0.318. The predicted octanol–water partition coefficient (Wildman–Crippen LogP) is 4.54. The minimum absolute atomic E-state index is 0.0262. The molecular weight excluding hydrogens is 542 g/mol. The first-order valence-corrected chi connectivity index (χ1v) is 14.9. The largest absolute Gasteiger partial charge is 0.497 e. The number of amides is 2. The van der Waals surface area contributed by atoms with Crippen LogP contribution in [-0.4, -0.2) is 58.0 Å². The van der Waals surface area contributed by atoms with Crippen molar-refractivity contribution in [3.63, 3.8) is 0 Å². The highest BCUT2D eigenvalue weighted by molar-refractivity contribution is 7.92. The monoisotopic (exact) mass is 581 g/mol. The number of methoxy groups -OCH3 is 2. The number of anilines is 1. The number of carbonyl (C=O) groups is 2. The summed E-state index contributed by atoms with van der Waals surface area (Å²) in [5, 5.41) is 2.93. The van der Waals surface area contributed by atoms with Gasteiger partial charge in [-0.25, -0.2) is 8.42 Å². The minimum atomic E-state index is -4.20. The maximum absolute atomic E-state index is 14.1. The van der Waals surface area contributed by atoms with Crippen LogP contribution in [0.25, 0.3) is 0 Å². The molecule has 0 saturated carbocycles. The number of rotatable bonds is 13. The molecule has 0 saturated heterocycles. The van der Waals surface area contributed by atoms with Crippen LogP contribution in [0.5, 0.6) is 11.5 Å². The van der Waals surface area contributed by atoms with E-state index in [2.05, 4.69) is 5.32 Å². The number of benzene rings is 3. The Kier molecular flexibility index (Phi) is 10.8. The summed E-state index contributed by atoms with van der Waals surface area (Å²) in [6.45, 7) is 6.82. The maximum Gasteiger partial charge on any atom is 0.264 e. The average Bonchev–Trinajstić information content (AvgIpc) is 2.98. The SMILES string of the molecule is CC[C@H](C)NC(=O)[C@@H](C)N(Cc1cccc(OC)c1)C(=O)CN(c1cc(C)ccc1OC)S(=O)(=O)c1ccccc1. The highest BCUT2D eigenvalue weighted by atomic mass is 32.2. The molecule has 0 aliphatic heterocycles. The summed E-state index contributed by atoms with van der Waals surface area (Å²) in [4.78, 5) is 28.7. The zero-order chi connectivity index (χ0) is 30.2. The van der Waals surface area contributed by atoms with Gasteiger partial charge in [0.05, 0.1) is 24.8 Å². The van der Waals surface area contributed by atoms with Gasteiger partial charge in [0.15, 0.2) is 0 Å². The molecule has 0 heterocycles. The van der Waals surface area contributed by atoms with Crippen LogP contribution in [0.3, 0.4) is 0 Å². The fraction of sp³-hybridized carbons (Fsp3) is 0.355. The zero-order valence-corrected chi connectivity index (χ0v) is 25.3. The summed E-state index contributed by atoms with van der Waals surface area (Å²) >= 11 is 0. The van der Waals surface area contributed by atoms with E-state index in [0.717, 1.165) is 21.9 Å². The smallest absolute Gasteiger partial charge is 0.264 e. The molecule has 0 fully saturated rings. The van der Waals surface area contributed by atoms with E-state index in [0.29, 0.717) is 11.5 Å². The molecule has 0 unspecified atom stereocenters. The van der Waals surface area contributed by atoms with Crippen molar-refractivity contribution >= 4 is 27.5 Å². The van der Waals surface area contributed by atoms with Gasteiger partial charge in [-0.2, -0.15) is 0 Å². The van der Waals surface area contributed by atoms with Crippen LogP contribution >= 0.6 is 0 Å². The van der Waals surface area contributed by atoms with Crippen LogP contribution in [0, 0.1) is 6.92 Å². The van der Waals surface area contributed by atoms with E-state index in [1.165, 1.54) is 24.1 Å². The highest BCUT2D eigenvalue weighted by Crippen LogP contribution is 2.33. The molecule has 3 aromatic rings. The van der Waals surface area contributed by atoms with Gasteiger partial charge in [-0.05, 0) is 74.7 Å². The second-order valence-electron chi connectivity index (χ2n) is 9.87. The van der Waals surface area contributed by atoms with E-state index in [1.54, 1.807) is 68.6 Å². The molecule has 2 atom stereocenters. The molecule has 2 amide bonds. The summed E-state index contributed by atoms with van der Waals surface area (Å²) in [7, 11) is -1.21. The van der Waals surface area contributed by atoms with Gasteiger partial charge in [0.1, 0.15) is 24.1 Å². The van der Waals surface area contributed by atoms with Gasteiger partial charge in [0.25, 0.3) is 10.0 Å². The van der Waals surface area contributed by atoms with Crippen LogP contribution < -0.4 is 19.1 Å². The molecule has 0 aromatic heterocycles. The van der Waals surface area contributed by atoms with E-state index >= 15 is 0 Å². The van der Waals surface area contributed by atoms with Crippen LogP contribution in [0.4, 0.5) is 5.69 Å². The van der Waals surface area contributed by atoms with E-state index in [4.69, 9.17) is 9.47 Å². The van der Waals surface area contributed by atoms with Crippen molar-refractivity contribution in [3.8, 4) is 11.5 Å². The molecular formula is C31H39N3O6S. The molecule has 3 rings (SSSR count). The van der Waals surface area contributed by atoms with E-state index in [1.807, 2.05) is 26.8 Å². The van der Waals surface area contributed by atoms with Gasteiger partial charge < -0.3 is 19.7 Å². The van der Waals surface area contributed by atoms with E-state index in [9.17, 15) is 18.0 Å². The van der Waals surface area contributed by atoms with Gasteiger partial charge in [0.2, 0.25) is 11.8 Å². The number of hydrogen-bond acceptors (Lipinski definition) is 6. The first-order chi connectivity index (χ1) is 19.5. The van der Waals surface area contributed by atoms with Crippen molar-refractivity contribution in [2.24, 2.45) is 0 Å². The Morgan fingerprint density at radius 1 is 0.927 bits per heavy atom. The molecule has 10 heteroatoms. The second-order valence-corrected chi connectivity index (χ2v) is 11.7. The van der Waals surface area contributed by atoms with Gasteiger partial charge >= 0.3 is 0 Å². The van der Waals surface area contributed by atoms with Gasteiger partial charge in [-0.3, -0.25) is 13.9 Å². The van der Waals surface area contributed by atoms with Gasteiger partial charge in [0, 0.05) is 12.6 Å². The average molecular weight is 582 g/mol. The fourth-order valence-corrected chi connectivity index (χ4v) is 5.68.